The molecule has 0 aliphatic carbocycles. The van der Waals surface area contributed by atoms with Gasteiger partial charge in [-0.3, -0.25) is 9.20 Å². The van der Waals surface area contributed by atoms with Crippen molar-refractivity contribution in [2.75, 3.05) is 11.4 Å². The largest absolute Gasteiger partial charge is 0.350 e. The third-order valence-corrected chi connectivity index (χ3v) is 4.09. The average molecular weight is 277 g/mol. The lowest BCUT2D eigenvalue weighted by atomic mass is 10.00. The first kappa shape index (κ1) is 12.1. The van der Waals surface area contributed by atoms with Crippen LogP contribution in [0.25, 0.3) is 5.65 Å². The van der Waals surface area contributed by atoms with Gasteiger partial charge in [-0.05, 0) is 29.7 Å². The second-order valence-corrected chi connectivity index (χ2v) is 5.31. The fourth-order valence-electron chi connectivity index (χ4n) is 3.02. The number of hydrogen-bond acceptors (Lipinski definition) is 3. The van der Waals surface area contributed by atoms with Gasteiger partial charge in [-0.2, -0.15) is 0 Å². The van der Waals surface area contributed by atoms with Crippen LogP contribution in [0.2, 0.25) is 0 Å². The van der Waals surface area contributed by atoms with Crippen molar-refractivity contribution in [1.82, 2.24) is 9.38 Å². The van der Waals surface area contributed by atoms with Crippen LogP contribution in [0.3, 0.4) is 0 Å². The summed E-state index contributed by atoms with van der Waals surface area (Å²) in [7, 11) is 0. The first-order chi connectivity index (χ1) is 10.4. The summed E-state index contributed by atoms with van der Waals surface area (Å²) in [5, 5.41) is 0. The zero-order valence-corrected chi connectivity index (χ0v) is 11.6. The van der Waals surface area contributed by atoms with Crippen molar-refractivity contribution in [2.24, 2.45) is 0 Å². The predicted octanol–water partition coefficient (Wildman–Crippen LogP) is 2.71. The molecule has 21 heavy (non-hydrogen) atoms. The van der Waals surface area contributed by atoms with Crippen LogP contribution in [0.5, 0.6) is 0 Å². The maximum atomic E-state index is 11.5. The summed E-state index contributed by atoms with van der Waals surface area (Å²) in [5.74, 6) is 0.783. The van der Waals surface area contributed by atoms with E-state index in [-0.39, 0.29) is 0 Å². The van der Waals surface area contributed by atoms with E-state index in [2.05, 4.69) is 34.1 Å². The Bertz CT molecular complexity index is 822. The minimum atomic E-state index is 0.630. The quantitative estimate of drug-likeness (QED) is 0.676. The monoisotopic (exact) mass is 277 g/mol. The second-order valence-electron chi connectivity index (χ2n) is 5.31. The maximum Gasteiger partial charge on any atom is 0.170 e. The predicted molar refractivity (Wildman–Crippen MR) is 81.8 cm³/mol. The molecule has 0 amide bonds. The van der Waals surface area contributed by atoms with Crippen molar-refractivity contribution in [3.05, 3.63) is 65.5 Å². The van der Waals surface area contributed by atoms with Crippen LogP contribution in [-0.4, -0.2) is 22.2 Å². The Kier molecular flexibility index (Phi) is 2.74. The molecule has 4 heteroatoms. The number of anilines is 1. The van der Waals surface area contributed by atoms with Crippen LogP contribution < -0.4 is 4.90 Å². The Labute approximate surface area is 122 Å². The molecule has 0 radical (unpaired) electrons. The average Bonchev–Trinajstić information content (AvgIpc) is 2.93. The SMILES string of the molecule is O=Cc1c(N2CCc3ccccc3C2)nc2ccccn12. The van der Waals surface area contributed by atoms with E-state index >= 15 is 0 Å². The Morgan fingerprint density at radius 3 is 2.71 bits per heavy atom. The number of carbonyl (C=O) groups is 1. The highest BCUT2D eigenvalue weighted by molar-refractivity contribution is 5.83. The highest BCUT2D eigenvalue weighted by atomic mass is 16.1. The van der Waals surface area contributed by atoms with Crippen molar-refractivity contribution >= 4 is 17.8 Å². The normalized spacial score (nSPS) is 14.2. The summed E-state index contributed by atoms with van der Waals surface area (Å²) in [6.07, 6.45) is 3.77. The second kappa shape index (κ2) is 4.74. The minimum Gasteiger partial charge on any atom is -0.350 e. The van der Waals surface area contributed by atoms with E-state index in [9.17, 15) is 4.79 Å². The van der Waals surface area contributed by atoms with Crippen LogP contribution in [0.1, 0.15) is 21.6 Å². The van der Waals surface area contributed by atoms with Gasteiger partial charge in [0, 0.05) is 19.3 Å². The number of fused-ring (bicyclic) bond motifs is 2. The highest BCUT2D eigenvalue weighted by Crippen LogP contribution is 2.26. The van der Waals surface area contributed by atoms with Crippen molar-refractivity contribution in [1.29, 1.82) is 0 Å². The smallest absolute Gasteiger partial charge is 0.170 e. The van der Waals surface area contributed by atoms with E-state index in [0.29, 0.717) is 5.69 Å². The molecule has 4 nitrogen and oxygen atoms in total. The van der Waals surface area contributed by atoms with Gasteiger partial charge < -0.3 is 4.90 Å². The molecule has 0 saturated heterocycles. The summed E-state index contributed by atoms with van der Waals surface area (Å²) in [6, 6.07) is 14.2. The molecule has 3 aromatic rings. The lowest BCUT2D eigenvalue weighted by molar-refractivity contribution is 0.111. The number of imidazole rings is 1. The minimum absolute atomic E-state index is 0.630. The number of rotatable bonds is 2. The Morgan fingerprint density at radius 1 is 1.05 bits per heavy atom. The van der Waals surface area contributed by atoms with Crippen LogP contribution in [0, 0.1) is 0 Å². The molecule has 1 aliphatic rings. The summed E-state index contributed by atoms with van der Waals surface area (Å²) in [4.78, 5) is 18.3. The molecule has 0 unspecified atom stereocenters. The summed E-state index contributed by atoms with van der Waals surface area (Å²) in [6.45, 7) is 1.70. The van der Waals surface area contributed by atoms with Gasteiger partial charge in [0.1, 0.15) is 11.3 Å². The number of nitrogens with zero attached hydrogens (tertiary/aromatic N) is 3. The van der Waals surface area contributed by atoms with Gasteiger partial charge in [0.25, 0.3) is 0 Å². The number of carbonyl (C=O) groups excluding carboxylic acids is 1. The Balaban J connectivity index is 1.79. The number of pyridine rings is 1. The Hall–Kier alpha value is -2.62. The van der Waals surface area contributed by atoms with Crippen LogP contribution >= 0.6 is 0 Å². The zero-order valence-electron chi connectivity index (χ0n) is 11.6. The van der Waals surface area contributed by atoms with Crippen molar-refractivity contribution in [2.45, 2.75) is 13.0 Å². The van der Waals surface area contributed by atoms with E-state index in [4.69, 9.17) is 0 Å². The van der Waals surface area contributed by atoms with Crippen LogP contribution in [-0.2, 0) is 13.0 Å². The Morgan fingerprint density at radius 2 is 1.86 bits per heavy atom. The maximum absolute atomic E-state index is 11.5. The molecular formula is C17H15N3O. The molecule has 4 rings (SSSR count). The molecule has 0 spiro atoms. The van der Waals surface area contributed by atoms with Crippen molar-refractivity contribution in [3.8, 4) is 0 Å². The van der Waals surface area contributed by atoms with Crippen molar-refractivity contribution in [3.63, 3.8) is 0 Å². The van der Waals surface area contributed by atoms with E-state index in [0.717, 1.165) is 37.3 Å². The summed E-state index contributed by atoms with van der Waals surface area (Å²) < 4.78 is 1.85. The highest BCUT2D eigenvalue weighted by Gasteiger charge is 2.22. The van der Waals surface area contributed by atoms with Crippen LogP contribution in [0.4, 0.5) is 5.82 Å². The van der Waals surface area contributed by atoms with E-state index in [1.807, 2.05) is 28.8 Å². The fraction of sp³-hybridized carbons (Fsp3) is 0.176. The topological polar surface area (TPSA) is 37.6 Å². The van der Waals surface area contributed by atoms with E-state index in [1.54, 1.807) is 0 Å². The van der Waals surface area contributed by atoms with E-state index in [1.165, 1.54) is 11.1 Å². The lowest BCUT2D eigenvalue weighted by Gasteiger charge is -2.29. The number of hydrogen-bond donors (Lipinski definition) is 0. The molecule has 0 bridgehead atoms. The standard InChI is InChI=1S/C17H15N3O/c21-12-15-17(18-16-7-3-4-9-20(15)16)19-10-8-13-5-1-2-6-14(13)11-19/h1-7,9,12H,8,10-11H2. The third-order valence-electron chi connectivity index (χ3n) is 4.09. The van der Waals surface area contributed by atoms with Gasteiger partial charge in [0.2, 0.25) is 0 Å². The molecule has 0 saturated carbocycles. The van der Waals surface area contributed by atoms with Gasteiger partial charge in [-0.25, -0.2) is 4.98 Å². The van der Waals surface area contributed by atoms with Gasteiger partial charge in [-0.1, -0.05) is 30.3 Å². The lowest BCUT2D eigenvalue weighted by Crippen LogP contribution is -2.31. The third kappa shape index (κ3) is 1.91. The first-order valence-electron chi connectivity index (χ1n) is 7.11. The number of aldehydes is 1. The summed E-state index contributed by atoms with van der Waals surface area (Å²) in [5.41, 5.74) is 4.15. The molecule has 2 aromatic heterocycles. The van der Waals surface area contributed by atoms with Gasteiger partial charge in [-0.15, -0.1) is 0 Å². The van der Waals surface area contributed by atoms with Gasteiger partial charge >= 0.3 is 0 Å². The molecule has 0 atom stereocenters. The molecule has 1 aromatic carbocycles. The van der Waals surface area contributed by atoms with Gasteiger partial charge in [0.05, 0.1) is 0 Å². The van der Waals surface area contributed by atoms with Crippen molar-refractivity contribution < 1.29 is 4.79 Å². The molecule has 0 fully saturated rings. The fourth-order valence-corrected chi connectivity index (χ4v) is 3.02. The molecular weight excluding hydrogens is 262 g/mol. The number of benzene rings is 1. The summed E-state index contributed by atoms with van der Waals surface area (Å²) >= 11 is 0. The van der Waals surface area contributed by atoms with E-state index < -0.39 is 0 Å². The zero-order chi connectivity index (χ0) is 14.2. The molecule has 0 N–H and O–H groups in total. The first-order valence-corrected chi connectivity index (χ1v) is 7.11. The van der Waals surface area contributed by atoms with Gasteiger partial charge in [0.15, 0.2) is 12.1 Å². The number of aromatic nitrogens is 2. The molecule has 104 valence electrons. The molecule has 1 aliphatic heterocycles. The van der Waals surface area contributed by atoms with Crippen LogP contribution in [0.15, 0.2) is 48.7 Å². The molecule has 3 heterocycles.